The molecule has 0 fully saturated rings. The van der Waals surface area contributed by atoms with Gasteiger partial charge in [0.05, 0.1) is 11.3 Å². The zero-order valence-electron chi connectivity index (χ0n) is 16.3. The van der Waals surface area contributed by atoms with E-state index in [-0.39, 0.29) is 36.7 Å². The van der Waals surface area contributed by atoms with Crippen LogP contribution in [0.15, 0.2) is 65.8 Å². The van der Waals surface area contributed by atoms with E-state index in [0.29, 0.717) is 27.8 Å². The second-order valence-corrected chi connectivity index (χ2v) is 7.53. The van der Waals surface area contributed by atoms with Crippen LogP contribution in [-0.4, -0.2) is 29.3 Å². The summed E-state index contributed by atoms with van der Waals surface area (Å²) in [7, 11) is 0. The van der Waals surface area contributed by atoms with Crippen LogP contribution >= 0.6 is 11.8 Å². The largest absolute Gasteiger partial charge is 0.454 e. The van der Waals surface area contributed by atoms with Crippen molar-refractivity contribution in [2.75, 3.05) is 17.9 Å². The van der Waals surface area contributed by atoms with Crippen LogP contribution in [0.1, 0.15) is 15.9 Å². The van der Waals surface area contributed by atoms with Crippen LogP contribution in [0.4, 0.5) is 10.1 Å². The SMILES string of the molecule is O=C(CSc1ncccc1C(=O)NCc1ccc(F)cc1)Nc1ccc2c(c1)OCO2. The van der Waals surface area contributed by atoms with Crippen molar-refractivity contribution in [2.45, 2.75) is 11.6 Å². The molecule has 0 bridgehead atoms. The molecule has 0 radical (unpaired) electrons. The zero-order valence-corrected chi connectivity index (χ0v) is 17.1. The Morgan fingerprint density at radius 1 is 1.06 bits per heavy atom. The van der Waals surface area contributed by atoms with Gasteiger partial charge in [0.25, 0.3) is 5.91 Å². The van der Waals surface area contributed by atoms with Gasteiger partial charge in [0.1, 0.15) is 10.8 Å². The van der Waals surface area contributed by atoms with E-state index >= 15 is 0 Å². The molecule has 2 aromatic carbocycles. The molecule has 1 aliphatic rings. The van der Waals surface area contributed by atoms with Gasteiger partial charge in [-0.15, -0.1) is 0 Å². The van der Waals surface area contributed by atoms with Crippen LogP contribution in [0.5, 0.6) is 11.5 Å². The average Bonchev–Trinajstić information content (AvgIpc) is 3.25. The Bertz CT molecular complexity index is 1110. The first-order chi connectivity index (χ1) is 15.1. The molecule has 31 heavy (non-hydrogen) atoms. The van der Waals surface area contributed by atoms with Crippen LogP contribution in [-0.2, 0) is 11.3 Å². The first kappa shape index (κ1) is 20.7. The minimum Gasteiger partial charge on any atom is -0.454 e. The van der Waals surface area contributed by atoms with Gasteiger partial charge in [-0.3, -0.25) is 9.59 Å². The number of nitrogens with one attached hydrogen (secondary N) is 2. The number of rotatable bonds is 7. The summed E-state index contributed by atoms with van der Waals surface area (Å²) in [4.78, 5) is 29.2. The summed E-state index contributed by atoms with van der Waals surface area (Å²) in [6.45, 7) is 0.414. The highest BCUT2D eigenvalue weighted by Gasteiger charge is 2.16. The molecule has 2 heterocycles. The Labute approximate surface area is 182 Å². The molecule has 1 aliphatic heterocycles. The molecule has 2 amide bonds. The number of aromatic nitrogens is 1. The van der Waals surface area contributed by atoms with Crippen LogP contribution in [0.3, 0.4) is 0 Å². The van der Waals surface area contributed by atoms with Gasteiger partial charge in [-0.25, -0.2) is 9.37 Å². The van der Waals surface area contributed by atoms with Crippen LogP contribution in [0.25, 0.3) is 0 Å². The van der Waals surface area contributed by atoms with E-state index in [1.54, 1.807) is 48.7 Å². The number of anilines is 1. The summed E-state index contributed by atoms with van der Waals surface area (Å²) >= 11 is 1.16. The third kappa shape index (κ3) is 5.32. The number of halogens is 1. The second-order valence-electron chi connectivity index (χ2n) is 6.57. The van der Waals surface area contributed by atoms with Crippen molar-refractivity contribution < 1.29 is 23.5 Å². The average molecular weight is 439 g/mol. The van der Waals surface area contributed by atoms with Gasteiger partial charge < -0.3 is 20.1 Å². The number of carbonyl (C=O) groups excluding carboxylic acids is 2. The number of nitrogens with zero attached hydrogens (tertiary/aromatic N) is 1. The fraction of sp³-hybridized carbons (Fsp3) is 0.136. The maximum atomic E-state index is 13.0. The van der Waals surface area contributed by atoms with Crippen molar-refractivity contribution in [3.8, 4) is 11.5 Å². The summed E-state index contributed by atoms with van der Waals surface area (Å²) < 4.78 is 23.6. The van der Waals surface area contributed by atoms with Gasteiger partial charge in [-0.05, 0) is 42.0 Å². The van der Waals surface area contributed by atoms with Gasteiger partial charge in [0.2, 0.25) is 12.7 Å². The minimum absolute atomic E-state index is 0.0731. The first-order valence-electron chi connectivity index (χ1n) is 9.38. The maximum Gasteiger partial charge on any atom is 0.254 e. The van der Waals surface area contributed by atoms with Gasteiger partial charge in [-0.1, -0.05) is 23.9 Å². The number of benzene rings is 2. The number of pyridine rings is 1. The summed E-state index contributed by atoms with van der Waals surface area (Å²) in [6, 6.07) is 14.3. The number of hydrogen-bond acceptors (Lipinski definition) is 6. The smallest absolute Gasteiger partial charge is 0.254 e. The van der Waals surface area contributed by atoms with Crippen molar-refractivity contribution in [1.82, 2.24) is 10.3 Å². The van der Waals surface area contributed by atoms with E-state index in [0.717, 1.165) is 17.3 Å². The number of fused-ring (bicyclic) bond motifs is 1. The predicted octanol–water partition coefficient (Wildman–Crippen LogP) is 3.61. The number of carbonyl (C=O) groups is 2. The quantitative estimate of drug-likeness (QED) is 0.547. The van der Waals surface area contributed by atoms with Crippen LogP contribution in [0, 0.1) is 5.82 Å². The van der Waals surface area contributed by atoms with Crippen molar-refractivity contribution in [1.29, 1.82) is 0 Å². The number of amides is 2. The Hall–Kier alpha value is -3.59. The third-order valence-corrected chi connectivity index (χ3v) is 5.38. The third-order valence-electron chi connectivity index (χ3n) is 4.38. The highest BCUT2D eigenvalue weighted by Crippen LogP contribution is 2.34. The standard InChI is InChI=1S/C22H18FN3O4S/c23-15-5-3-14(4-6-15)11-25-21(28)17-2-1-9-24-22(17)31-12-20(27)26-16-7-8-18-19(10-16)30-13-29-18/h1-10H,11-13H2,(H,25,28)(H,26,27). The fourth-order valence-electron chi connectivity index (χ4n) is 2.86. The Morgan fingerprint density at radius 3 is 2.71 bits per heavy atom. The summed E-state index contributed by atoms with van der Waals surface area (Å²) in [5.74, 6) is 0.389. The Kier molecular flexibility index (Phi) is 6.32. The molecule has 0 spiro atoms. The van der Waals surface area contributed by atoms with E-state index < -0.39 is 0 Å². The molecule has 1 aromatic heterocycles. The number of hydrogen-bond donors (Lipinski definition) is 2. The van der Waals surface area contributed by atoms with E-state index in [4.69, 9.17) is 9.47 Å². The first-order valence-corrected chi connectivity index (χ1v) is 10.4. The molecule has 0 aliphatic carbocycles. The Morgan fingerprint density at radius 2 is 1.87 bits per heavy atom. The van der Waals surface area contributed by atoms with E-state index in [9.17, 15) is 14.0 Å². The van der Waals surface area contributed by atoms with E-state index in [1.807, 2.05) is 0 Å². The summed E-state index contributed by atoms with van der Waals surface area (Å²) in [6.07, 6.45) is 1.56. The molecule has 2 N–H and O–H groups in total. The van der Waals surface area contributed by atoms with Crippen molar-refractivity contribution in [3.63, 3.8) is 0 Å². The molecule has 0 saturated heterocycles. The predicted molar refractivity (Wildman–Crippen MR) is 114 cm³/mol. The van der Waals surface area contributed by atoms with Gasteiger partial charge in [0.15, 0.2) is 11.5 Å². The highest BCUT2D eigenvalue weighted by atomic mass is 32.2. The molecule has 0 atom stereocenters. The van der Waals surface area contributed by atoms with Gasteiger partial charge >= 0.3 is 0 Å². The summed E-state index contributed by atoms with van der Waals surface area (Å²) in [5, 5.41) is 6.02. The van der Waals surface area contributed by atoms with Crippen LogP contribution in [0.2, 0.25) is 0 Å². The lowest BCUT2D eigenvalue weighted by Gasteiger charge is -2.10. The minimum atomic E-state index is -0.333. The normalized spacial score (nSPS) is 11.8. The monoisotopic (exact) mass is 439 g/mol. The van der Waals surface area contributed by atoms with Gasteiger partial charge in [-0.2, -0.15) is 0 Å². The molecular weight excluding hydrogens is 421 g/mol. The molecule has 9 heteroatoms. The number of ether oxygens (including phenoxy) is 2. The zero-order chi connectivity index (χ0) is 21.6. The van der Waals surface area contributed by atoms with E-state index in [1.165, 1.54) is 12.1 Å². The molecule has 4 rings (SSSR count). The van der Waals surface area contributed by atoms with Crippen molar-refractivity contribution in [2.24, 2.45) is 0 Å². The number of thioether (sulfide) groups is 1. The molecule has 158 valence electrons. The highest BCUT2D eigenvalue weighted by molar-refractivity contribution is 8.00. The summed E-state index contributed by atoms with van der Waals surface area (Å²) in [5.41, 5.74) is 1.73. The molecule has 0 saturated carbocycles. The second kappa shape index (κ2) is 9.48. The molecule has 7 nitrogen and oxygen atoms in total. The topological polar surface area (TPSA) is 89.6 Å². The molecule has 3 aromatic rings. The van der Waals surface area contributed by atoms with Crippen LogP contribution < -0.4 is 20.1 Å². The lowest BCUT2D eigenvalue weighted by molar-refractivity contribution is -0.113. The molecular formula is C22H18FN3O4S. The molecule has 0 unspecified atom stereocenters. The van der Waals surface area contributed by atoms with Crippen molar-refractivity contribution in [3.05, 3.63) is 77.7 Å². The lowest BCUT2D eigenvalue weighted by atomic mass is 10.2. The van der Waals surface area contributed by atoms with Crippen molar-refractivity contribution >= 4 is 29.3 Å². The maximum absolute atomic E-state index is 13.0. The lowest BCUT2D eigenvalue weighted by Crippen LogP contribution is -2.24. The Balaban J connectivity index is 1.34. The van der Waals surface area contributed by atoms with Gasteiger partial charge in [0, 0.05) is 24.5 Å². The fourth-order valence-corrected chi connectivity index (χ4v) is 3.66. The van der Waals surface area contributed by atoms with E-state index in [2.05, 4.69) is 15.6 Å².